The molecule has 1 unspecified atom stereocenters. The molecular formula is C17H26ClN3O2. The van der Waals surface area contributed by atoms with Crippen LogP contribution in [0.1, 0.15) is 25.3 Å². The van der Waals surface area contributed by atoms with Gasteiger partial charge < -0.3 is 15.7 Å². The maximum atomic E-state index is 11.6. The van der Waals surface area contributed by atoms with E-state index in [4.69, 9.17) is 16.7 Å². The van der Waals surface area contributed by atoms with Gasteiger partial charge in [0.2, 0.25) is 0 Å². The molecule has 1 aliphatic heterocycles. The lowest BCUT2D eigenvalue weighted by Gasteiger charge is -2.32. The number of hydrogen-bond donors (Lipinski definition) is 3. The van der Waals surface area contributed by atoms with Gasteiger partial charge in [0, 0.05) is 18.1 Å². The van der Waals surface area contributed by atoms with Crippen LogP contribution in [0.2, 0.25) is 5.02 Å². The van der Waals surface area contributed by atoms with Crippen LogP contribution in [0.4, 0.5) is 4.79 Å². The van der Waals surface area contributed by atoms with Gasteiger partial charge in [0.15, 0.2) is 0 Å². The van der Waals surface area contributed by atoms with Crippen LogP contribution in [0.25, 0.3) is 0 Å². The third-order valence-electron chi connectivity index (χ3n) is 4.26. The fourth-order valence-corrected chi connectivity index (χ4v) is 2.97. The van der Waals surface area contributed by atoms with E-state index < -0.39 is 0 Å². The van der Waals surface area contributed by atoms with Gasteiger partial charge in [0.25, 0.3) is 0 Å². The van der Waals surface area contributed by atoms with Crippen molar-refractivity contribution in [2.75, 3.05) is 26.2 Å². The minimum absolute atomic E-state index is 0.0478. The molecule has 1 aromatic rings. The van der Waals surface area contributed by atoms with Crippen molar-refractivity contribution in [2.45, 2.75) is 32.4 Å². The third kappa shape index (κ3) is 6.01. The van der Waals surface area contributed by atoms with Crippen molar-refractivity contribution in [1.29, 1.82) is 0 Å². The molecule has 0 radical (unpaired) electrons. The Bertz CT molecular complexity index is 504. The first-order chi connectivity index (χ1) is 11.1. The number of aliphatic hydroxyl groups excluding tert-OH is 1. The van der Waals surface area contributed by atoms with E-state index in [1.165, 1.54) is 5.56 Å². The minimum Gasteiger partial charge on any atom is -0.394 e. The van der Waals surface area contributed by atoms with Crippen molar-refractivity contribution >= 4 is 17.6 Å². The predicted octanol–water partition coefficient (Wildman–Crippen LogP) is 2.23. The number of benzene rings is 1. The highest BCUT2D eigenvalue weighted by molar-refractivity contribution is 6.31. The monoisotopic (exact) mass is 339 g/mol. The van der Waals surface area contributed by atoms with Gasteiger partial charge in [-0.15, -0.1) is 0 Å². The highest BCUT2D eigenvalue weighted by Crippen LogP contribution is 2.21. The van der Waals surface area contributed by atoms with E-state index in [1.807, 2.05) is 18.2 Å². The molecule has 1 aromatic carbocycles. The molecule has 1 heterocycles. The summed E-state index contributed by atoms with van der Waals surface area (Å²) in [5.74, 6) is 0.507. The number of nitrogens with one attached hydrogen (secondary N) is 2. The molecule has 0 spiro atoms. The van der Waals surface area contributed by atoms with Crippen LogP contribution in [0.5, 0.6) is 0 Å². The Morgan fingerprint density at radius 1 is 1.39 bits per heavy atom. The summed E-state index contributed by atoms with van der Waals surface area (Å²) in [5, 5.41) is 15.3. The Hall–Kier alpha value is -1.30. The smallest absolute Gasteiger partial charge is 0.315 e. The number of rotatable bonds is 6. The molecule has 0 aromatic heterocycles. The van der Waals surface area contributed by atoms with Crippen LogP contribution >= 0.6 is 11.6 Å². The quantitative estimate of drug-likeness (QED) is 0.744. The molecule has 1 fully saturated rings. The molecule has 5 nitrogen and oxygen atoms in total. The van der Waals surface area contributed by atoms with Gasteiger partial charge in [-0.3, -0.25) is 4.90 Å². The normalized spacial score (nSPS) is 17.7. The van der Waals surface area contributed by atoms with Gasteiger partial charge >= 0.3 is 6.03 Å². The number of urea groups is 1. The Morgan fingerprint density at radius 3 is 2.74 bits per heavy atom. The third-order valence-corrected chi connectivity index (χ3v) is 4.63. The number of carbonyl (C=O) groups is 1. The molecular weight excluding hydrogens is 314 g/mol. The molecule has 6 heteroatoms. The SMILES string of the molecule is CC(CO)NC(=O)NCC1CCN(Cc2ccccc2Cl)CC1. The zero-order chi connectivity index (χ0) is 16.7. The lowest BCUT2D eigenvalue weighted by molar-refractivity contribution is 0.174. The van der Waals surface area contributed by atoms with E-state index in [2.05, 4.69) is 21.6 Å². The molecule has 1 saturated heterocycles. The first kappa shape index (κ1) is 18.0. The number of piperidine rings is 1. The summed E-state index contributed by atoms with van der Waals surface area (Å²) in [6.45, 7) is 5.33. The van der Waals surface area contributed by atoms with Crippen molar-refractivity contribution < 1.29 is 9.90 Å². The fraction of sp³-hybridized carbons (Fsp3) is 0.588. The molecule has 1 atom stereocenters. The summed E-state index contributed by atoms with van der Waals surface area (Å²) in [7, 11) is 0. The molecule has 2 rings (SSSR count). The van der Waals surface area contributed by atoms with E-state index in [9.17, 15) is 4.79 Å². The highest BCUT2D eigenvalue weighted by atomic mass is 35.5. The van der Waals surface area contributed by atoms with Crippen molar-refractivity contribution in [1.82, 2.24) is 15.5 Å². The standard InChI is InChI=1S/C17H26ClN3O2/c1-13(12-22)20-17(23)19-10-14-6-8-21(9-7-14)11-15-4-2-3-5-16(15)18/h2-5,13-14,22H,6-12H2,1H3,(H2,19,20,23). The number of carbonyl (C=O) groups excluding carboxylic acids is 1. The predicted molar refractivity (Wildman–Crippen MR) is 92.5 cm³/mol. The van der Waals surface area contributed by atoms with E-state index >= 15 is 0 Å². The summed E-state index contributed by atoms with van der Waals surface area (Å²) in [6.07, 6.45) is 2.14. The number of halogens is 1. The van der Waals surface area contributed by atoms with Crippen molar-refractivity contribution in [3.8, 4) is 0 Å². The minimum atomic E-state index is -0.215. The number of hydrogen-bond acceptors (Lipinski definition) is 3. The van der Waals surface area contributed by atoms with Gasteiger partial charge in [-0.2, -0.15) is 0 Å². The first-order valence-electron chi connectivity index (χ1n) is 8.19. The van der Waals surface area contributed by atoms with Crippen molar-refractivity contribution in [2.24, 2.45) is 5.92 Å². The average molecular weight is 340 g/mol. The summed E-state index contributed by atoms with van der Waals surface area (Å²) in [6, 6.07) is 7.55. The molecule has 0 bridgehead atoms. The van der Waals surface area contributed by atoms with E-state index in [0.29, 0.717) is 12.5 Å². The maximum Gasteiger partial charge on any atom is 0.315 e. The van der Waals surface area contributed by atoms with E-state index in [-0.39, 0.29) is 18.7 Å². The summed E-state index contributed by atoms with van der Waals surface area (Å²) in [4.78, 5) is 14.0. The second kappa shape index (κ2) is 9.11. The zero-order valence-electron chi connectivity index (χ0n) is 13.6. The van der Waals surface area contributed by atoms with E-state index in [0.717, 1.165) is 37.5 Å². The van der Waals surface area contributed by atoms with E-state index in [1.54, 1.807) is 6.92 Å². The van der Waals surface area contributed by atoms with Gasteiger partial charge in [-0.1, -0.05) is 29.8 Å². The van der Waals surface area contributed by atoms with Crippen LogP contribution in [0, 0.1) is 5.92 Å². The molecule has 1 aliphatic rings. The summed E-state index contributed by atoms with van der Waals surface area (Å²) in [5.41, 5.74) is 1.17. The summed E-state index contributed by atoms with van der Waals surface area (Å²) < 4.78 is 0. The van der Waals surface area contributed by atoms with Crippen LogP contribution < -0.4 is 10.6 Å². The molecule has 23 heavy (non-hydrogen) atoms. The largest absolute Gasteiger partial charge is 0.394 e. The van der Waals surface area contributed by atoms with Crippen LogP contribution in [0.3, 0.4) is 0 Å². The number of amides is 2. The molecule has 0 saturated carbocycles. The molecule has 128 valence electrons. The van der Waals surface area contributed by atoms with Gasteiger partial charge in [0.05, 0.1) is 12.6 Å². The zero-order valence-corrected chi connectivity index (χ0v) is 14.4. The lowest BCUT2D eigenvalue weighted by Crippen LogP contribution is -2.45. The van der Waals surface area contributed by atoms with Crippen LogP contribution in [0.15, 0.2) is 24.3 Å². The Labute approximate surface area is 143 Å². The second-order valence-corrected chi connectivity index (χ2v) is 6.66. The molecule has 0 aliphatic carbocycles. The van der Waals surface area contributed by atoms with Gasteiger partial charge in [0.1, 0.15) is 0 Å². The summed E-state index contributed by atoms with van der Waals surface area (Å²) >= 11 is 6.21. The topological polar surface area (TPSA) is 64.6 Å². The number of likely N-dealkylation sites (tertiary alicyclic amines) is 1. The molecule has 3 N–H and O–H groups in total. The molecule has 2 amide bonds. The van der Waals surface area contributed by atoms with Gasteiger partial charge in [-0.05, 0) is 50.4 Å². The maximum absolute atomic E-state index is 11.6. The van der Waals surface area contributed by atoms with Crippen LogP contribution in [-0.4, -0.2) is 48.3 Å². The Kier molecular flexibility index (Phi) is 7.15. The Morgan fingerprint density at radius 2 is 2.09 bits per heavy atom. The number of aliphatic hydroxyl groups is 1. The van der Waals surface area contributed by atoms with Gasteiger partial charge in [-0.25, -0.2) is 4.79 Å². The van der Waals surface area contributed by atoms with Crippen molar-refractivity contribution in [3.63, 3.8) is 0 Å². The van der Waals surface area contributed by atoms with Crippen molar-refractivity contribution in [3.05, 3.63) is 34.9 Å². The second-order valence-electron chi connectivity index (χ2n) is 6.25. The highest BCUT2D eigenvalue weighted by Gasteiger charge is 2.20. The lowest BCUT2D eigenvalue weighted by atomic mass is 9.96. The average Bonchev–Trinajstić information content (AvgIpc) is 2.56. The van der Waals surface area contributed by atoms with Crippen LogP contribution in [-0.2, 0) is 6.54 Å². The first-order valence-corrected chi connectivity index (χ1v) is 8.57. The fourth-order valence-electron chi connectivity index (χ4n) is 2.77. The number of nitrogens with zero attached hydrogens (tertiary/aromatic N) is 1. The Balaban J connectivity index is 1.68.